The third-order valence-corrected chi connectivity index (χ3v) is 2.84. The Kier molecular flexibility index (Phi) is 4.37. The van der Waals surface area contributed by atoms with Crippen molar-refractivity contribution in [2.45, 2.75) is 6.61 Å². The van der Waals surface area contributed by atoms with Gasteiger partial charge in [0.1, 0.15) is 24.0 Å². The van der Waals surface area contributed by atoms with E-state index in [0.29, 0.717) is 24.1 Å². The Morgan fingerprint density at radius 3 is 2.65 bits per heavy atom. The highest BCUT2D eigenvalue weighted by Crippen LogP contribution is 2.31. The van der Waals surface area contributed by atoms with Gasteiger partial charge in [0.15, 0.2) is 5.82 Å². The second-order valence-electron chi connectivity index (χ2n) is 4.23. The number of benzene rings is 1. The summed E-state index contributed by atoms with van der Waals surface area (Å²) in [5, 5.41) is 0. The predicted molar refractivity (Wildman–Crippen MR) is 78.2 cm³/mol. The fourth-order valence-corrected chi connectivity index (χ4v) is 1.90. The number of ether oxygens (including phenoxy) is 2. The Hall–Kier alpha value is -2.34. The first-order chi connectivity index (χ1) is 9.65. The lowest BCUT2D eigenvalue weighted by atomic mass is 10.2. The molecule has 0 unspecified atom stereocenters. The van der Waals surface area contributed by atoms with Crippen molar-refractivity contribution in [3.05, 3.63) is 36.2 Å². The Morgan fingerprint density at radius 1 is 1.20 bits per heavy atom. The van der Waals surface area contributed by atoms with Crippen molar-refractivity contribution >= 4 is 17.3 Å². The minimum absolute atomic E-state index is 0.317. The molecule has 0 bridgehead atoms. The number of para-hydroxylation sites is 2. The van der Waals surface area contributed by atoms with Gasteiger partial charge >= 0.3 is 0 Å². The van der Waals surface area contributed by atoms with Crippen LogP contribution >= 0.6 is 0 Å². The van der Waals surface area contributed by atoms with Crippen molar-refractivity contribution in [3.63, 3.8) is 0 Å². The van der Waals surface area contributed by atoms with Gasteiger partial charge in [-0.15, -0.1) is 0 Å². The van der Waals surface area contributed by atoms with Crippen LogP contribution < -0.4 is 15.4 Å². The minimum Gasteiger partial charge on any atom is -0.495 e. The zero-order valence-corrected chi connectivity index (χ0v) is 11.8. The minimum atomic E-state index is 0.317. The summed E-state index contributed by atoms with van der Waals surface area (Å²) in [6.07, 6.45) is 0. The summed E-state index contributed by atoms with van der Waals surface area (Å²) < 4.78 is 10.4. The number of nitrogens with zero attached hydrogens (tertiary/aromatic N) is 3. The number of methoxy groups -OCH3 is 2. The lowest BCUT2D eigenvalue weighted by molar-refractivity contribution is 0.178. The van der Waals surface area contributed by atoms with E-state index in [1.807, 2.05) is 36.2 Å². The van der Waals surface area contributed by atoms with Crippen molar-refractivity contribution in [2.24, 2.45) is 0 Å². The lowest BCUT2D eigenvalue weighted by Crippen LogP contribution is -2.14. The van der Waals surface area contributed by atoms with E-state index in [2.05, 4.69) is 9.97 Å². The van der Waals surface area contributed by atoms with Gasteiger partial charge in [0.2, 0.25) is 0 Å². The highest BCUT2D eigenvalue weighted by atomic mass is 16.5. The van der Waals surface area contributed by atoms with Gasteiger partial charge in [0.25, 0.3) is 0 Å². The zero-order chi connectivity index (χ0) is 14.5. The average molecular weight is 274 g/mol. The molecule has 20 heavy (non-hydrogen) atoms. The SMILES string of the molecule is COCc1nc(N)cc(N(C)c2ccccc2OC)n1. The van der Waals surface area contributed by atoms with E-state index in [9.17, 15) is 0 Å². The summed E-state index contributed by atoms with van der Waals surface area (Å²) in [5.74, 6) is 2.41. The van der Waals surface area contributed by atoms with E-state index in [0.717, 1.165) is 11.4 Å². The maximum absolute atomic E-state index is 5.81. The maximum Gasteiger partial charge on any atom is 0.158 e. The maximum atomic E-state index is 5.81. The van der Waals surface area contributed by atoms with Gasteiger partial charge in [0.05, 0.1) is 12.8 Å². The summed E-state index contributed by atoms with van der Waals surface area (Å²) in [6, 6.07) is 9.42. The molecule has 0 aliphatic carbocycles. The summed E-state index contributed by atoms with van der Waals surface area (Å²) in [7, 11) is 5.13. The summed E-state index contributed by atoms with van der Waals surface area (Å²) >= 11 is 0. The molecule has 6 heteroatoms. The molecule has 0 radical (unpaired) electrons. The van der Waals surface area contributed by atoms with Crippen LogP contribution in [0.5, 0.6) is 5.75 Å². The van der Waals surface area contributed by atoms with Gasteiger partial charge in [-0.3, -0.25) is 0 Å². The standard InChI is InChI=1S/C14H18N4O2/c1-18(10-6-4-5-7-11(10)20-3)14-8-12(15)16-13(17-14)9-19-2/h4-8H,9H2,1-3H3,(H2,15,16,17). The van der Waals surface area contributed by atoms with Crippen LogP contribution in [0.4, 0.5) is 17.3 Å². The Balaban J connectivity index is 2.39. The summed E-state index contributed by atoms with van der Waals surface area (Å²) in [4.78, 5) is 10.5. The first-order valence-electron chi connectivity index (χ1n) is 6.15. The highest BCUT2D eigenvalue weighted by Gasteiger charge is 2.12. The molecule has 2 rings (SSSR count). The van der Waals surface area contributed by atoms with Crippen LogP contribution in [0.25, 0.3) is 0 Å². The van der Waals surface area contributed by atoms with Crippen molar-refractivity contribution in [1.82, 2.24) is 9.97 Å². The molecular formula is C14H18N4O2. The van der Waals surface area contributed by atoms with E-state index in [4.69, 9.17) is 15.2 Å². The summed E-state index contributed by atoms with van der Waals surface area (Å²) in [6.45, 7) is 0.317. The van der Waals surface area contributed by atoms with Gasteiger partial charge < -0.3 is 20.1 Å². The van der Waals surface area contributed by atoms with Gasteiger partial charge in [-0.05, 0) is 12.1 Å². The molecule has 0 saturated heterocycles. The number of aromatic nitrogens is 2. The lowest BCUT2D eigenvalue weighted by Gasteiger charge is -2.21. The van der Waals surface area contributed by atoms with Crippen molar-refractivity contribution in [1.29, 1.82) is 0 Å². The van der Waals surface area contributed by atoms with Crippen LogP contribution in [0.3, 0.4) is 0 Å². The van der Waals surface area contributed by atoms with Crippen LogP contribution in [-0.4, -0.2) is 31.2 Å². The molecule has 0 spiro atoms. The number of hydrogen-bond acceptors (Lipinski definition) is 6. The van der Waals surface area contributed by atoms with Gasteiger partial charge in [-0.1, -0.05) is 12.1 Å². The van der Waals surface area contributed by atoms with E-state index >= 15 is 0 Å². The van der Waals surface area contributed by atoms with Crippen LogP contribution in [0.15, 0.2) is 30.3 Å². The van der Waals surface area contributed by atoms with Crippen molar-refractivity contribution in [2.75, 3.05) is 31.9 Å². The molecule has 1 aromatic carbocycles. The van der Waals surface area contributed by atoms with Crippen LogP contribution in [0.2, 0.25) is 0 Å². The number of rotatable bonds is 5. The highest BCUT2D eigenvalue weighted by molar-refractivity contribution is 5.67. The molecule has 1 aromatic heterocycles. The molecule has 2 N–H and O–H groups in total. The average Bonchev–Trinajstić information content (AvgIpc) is 2.46. The zero-order valence-electron chi connectivity index (χ0n) is 11.8. The molecule has 0 aliphatic heterocycles. The molecule has 106 valence electrons. The largest absolute Gasteiger partial charge is 0.495 e. The quantitative estimate of drug-likeness (QED) is 0.898. The Labute approximate surface area is 118 Å². The van der Waals surface area contributed by atoms with E-state index < -0.39 is 0 Å². The molecule has 0 fully saturated rings. The second kappa shape index (κ2) is 6.21. The monoisotopic (exact) mass is 274 g/mol. The fourth-order valence-electron chi connectivity index (χ4n) is 1.90. The normalized spacial score (nSPS) is 10.3. The first-order valence-corrected chi connectivity index (χ1v) is 6.15. The molecular weight excluding hydrogens is 256 g/mol. The smallest absolute Gasteiger partial charge is 0.158 e. The van der Waals surface area contributed by atoms with Crippen LogP contribution in [-0.2, 0) is 11.3 Å². The third-order valence-electron chi connectivity index (χ3n) is 2.84. The molecule has 0 amide bonds. The predicted octanol–water partition coefficient (Wildman–Crippen LogP) is 1.98. The third kappa shape index (κ3) is 2.97. The van der Waals surface area contributed by atoms with E-state index in [1.54, 1.807) is 20.3 Å². The van der Waals surface area contributed by atoms with E-state index in [-0.39, 0.29) is 0 Å². The molecule has 0 atom stereocenters. The van der Waals surface area contributed by atoms with Gasteiger partial charge in [-0.2, -0.15) is 0 Å². The van der Waals surface area contributed by atoms with Crippen LogP contribution in [0, 0.1) is 0 Å². The molecule has 0 saturated carbocycles. The van der Waals surface area contributed by atoms with Crippen LogP contribution in [0.1, 0.15) is 5.82 Å². The van der Waals surface area contributed by atoms with E-state index in [1.165, 1.54) is 0 Å². The number of nitrogen functional groups attached to an aromatic ring is 1. The Bertz CT molecular complexity index is 589. The summed E-state index contributed by atoms with van der Waals surface area (Å²) in [5.41, 5.74) is 6.71. The molecule has 1 heterocycles. The number of anilines is 3. The molecule has 2 aromatic rings. The fraction of sp³-hybridized carbons (Fsp3) is 0.286. The van der Waals surface area contributed by atoms with Crippen molar-refractivity contribution in [3.8, 4) is 5.75 Å². The topological polar surface area (TPSA) is 73.5 Å². The molecule has 0 aliphatic rings. The molecule has 6 nitrogen and oxygen atoms in total. The van der Waals surface area contributed by atoms with Gasteiger partial charge in [0, 0.05) is 20.2 Å². The first kappa shape index (κ1) is 14.1. The van der Waals surface area contributed by atoms with Crippen molar-refractivity contribution < 1.29 is 9.47 Å². The van der Waals surface area contributed by atoms with Gasteiger partial charge in [-0.25, -0.2) is 9.97 Å². The number of hydrogen-bond donors (Lipinski definition) is 1. The Morgan fingerprint density at radius 2 is 1.95 bits per heavy atom. The second-order valence-corrected chi connectivity index (χ2v) is 4.23. The number of nitrogens with two attached hydrogens (primary N) is 1.